The zero-order chi connectivity index (χ0) is 24.1. The molecule has 0 aliphatic heterocycles. The predicted molar refractivity (Wildman–Crippen MR) is 119 cm³/mol. The molecule has 1 heterocycles. The van der Waals surface area contributed by atoms with E-state index in [0.29, 0.717) is 13.2 Å². The van der Waals surface area contributed by atoms with Gasteiger partial charge in [0, 0.05) is 24.3 Å². The molecular formula is C21H27N3O8S. The van der Waals surface area contributed by atoms with Gasteiger partial charge in [0.15, 0.2) is 0 Å². The molecule has 0 aliphatic carbocycles. The van der Waals surface area contributed by atoms with Crippen molar-refractivity contribution in [3.63, 3.8) is 0 Å². The maximum Gasteiger partial charge on any atom is 0.269 e. The van der Waals surface area contributed by atoms with Gasteiger partial charge >= 0.3 is 0 Å². The molecule has 180 valence electrons. The number of nitro benzene ring substituents is 1. The highest BCUT2D eigenvalue weighted by atomic mass is 32.1. The Bertz CT molecular complexity index is 876. The molecule has 2 atom stereocenters. The van der Waals surface area contributed by atoms with Gasteiger partial charge in [-0.05, 0) is 47.9 Å². The maximum atomic E-state index is 12.7. The van der Waals surface area contributed by atoms with Crippen LogP contribution >= 0.6 is 11.3 Å². The summed E-state index contributed by atoms with van der Waals surface area (Å²) in [5, 5.41) is 26.6. The maximum absolute atomic E-state index is 12.7. The van der Waals surface area contributed by atoms with Crippen molar-refractivity contribution in [2.75, 3.05) is 26.6 Å². The molecule has 0 saturated carbocycles. The molecule has 2 aromatic rings. The first-order valence-corrected chi connectivity index (χ1v) is 11.1. The van der Waals surface area contributed by atoms with Gasteiger partial charge in [-0.25, -0.2) is 5.48 Å². The summed E-state index contributed by atoms with van der Waals surface area (Å²) in [7, 11) is 0. The molecule has 2 amide bonds. The number of benzene rings is 1. The molecular weight excluding hydrogens is 454 g/mol. The van der Waals surface area contributed by atoms with Crippen molar-refractivity contribution in [1.82, 2.24) is 10.8 Å². The summed E-state index contributed by atoms with van der Waals surface area (Å²) in [5.41, 5.74) is 2.68. The number of carbonyl (C=O) groups excluding carboxylic acids is 2. The van der Waals surface area contributed by atoms with Crippen LogP contribution < -0.4 is 10.8 Å². The monoisotopic (exact) mass is 481 g/mol. The van der Waals surface area contributed by atoms with Crippen LogP contribution in [0.15, 0.2) is 41.1 Å². The highest BCUT2D eigenvalue weighted by molar-refractivity contribution is 7.07. The molecule has 0 saturated heterocycles. The molecule has 0 fully saturated rings. The SMILES string of the molecule is CCOCOCC(CC(COCc1ccsc1)C(=O)NO)NC(=O)c1ccc([N+](=O)[O-])cc1. The summed E-state index contributed by atoms with van der Waals surface area (Å²) in [6, 6.07) is 6.42. The lowest BCUT2D eigenvalue weighted by atomic mass is 9.99. The van der Waals surface area contributed by atoms with Crippen LogP contribution in [0, 0.1) is 16.0 Å². The zero-order valence-corrected chi connectivity index (χ0v) is 18.9. The quantitative estimate of drug-likeness (QED) is 0.115. The molecule has 0 spiro atoms. The zero-order valence-electron chi connectivity index (χ0n) is 18.1. The van der Waals surface area contributed by atoms with Crippen LogP contribution in [0.25, 0.3) is 0 Å². The second kappa shape index (κ2) is 14.3. The largest absolute Gasteiger partial charge is 0.376 e. The summed E-state index contributed by atoms with van der Waals surface area (Å²) < 4.78 is 16.2. The van der Waals surface area contributed by atoms with Crippen molar-refractivity contribution in [3.05, 3.63) is 62.3 Å². The third kappa shape index (κ3) is 9.24. The number of ether oxygens (including phenoxy) is 3. The van der Waals surface area contributed by atoms with Crippen LogP contribution in [0.3, 0.4) is 0 Å². The fourth-order valence-corrected chi connectivity index (χ4v) is 3.54. The molecule has 12 heteroatoms. The van der Waals surface area contributed by atoms with Gasteiger partial charge < -0.3 is 19.5 Å². The minimum atomic E-state index is -0.772. The number of nitrogens with one attached hydrogen (secondary N) is 2. The molecule has 1 aromatic carbocycles. The van der Waals surface area contributed by atoms with Crippen LogP contribution in [0.5, 0.6) is 0 Å². The highest BCUT2D eigenvalue weighted by Crippen LogP contribution is 2.15. The van der Waals surface area contributed by atoms with Gasteiger partial charge in [-0.1, -0.05) is 0 Å². The molecule has 2 rings (SSSR count). The summed E-state index contributed by atoms with van der Waals surface area (Å²) in [6.07, 6.45) is 0.112. The van der Waals surface area contributed by atoms with E-state index in [1.54, 1.807) is 5.48 Å². The van der Waals surface area contributed by atoms with Crippen LogP contribution in [0.4, 0.5) is 5.69 Å². The minimum Gasteiger partial charge on any atom is -0.376 e. The molecule has 33 heavy (non-hydrogen) atoms. The number of hydrogen-bond donors (Lipinski definition) is 3. The Labute approximate surface area is 194 Å². The van der Waals surface area contributed by atoms with Crippen molar-refractivity contribution in [2.24, 2.45) is 5.92 Å². The summed E-state index contributed by atoms with van der Waals surface area (Å²) in [5.74, 6) is -1.91. The number of nitrogens with zero attached hydrogens (tertiary/aromatic N) is 1. The van der Waals surface area contributed by atoms with Gasteiger partial charge in [-0.3, -0.25) is 24.9 Å². The minimum absolute atomic E-state index is 0.00587. The Kier molecular flexibility index (Phi) is 11.4. The molecule has 3 N–H and O–H groups in total. The highest BCUT2D eigenvalue weighted by Gasteiger charge is 2.25. The van der Waals surface area contributed by atoms with E-state index in [1.807, 2.05) is 23.8 Å². The van der Waals surface area contributed by atoms with Crippen LogP contribution in [0.1, 0.15) is 29.3 Å². The molecule has 0 aliphatic rings. The molecule has 2 unspecified atom stereocenters. The Morgan fingerprint density at radius 2 is 1.91 bits per heavy atom. The number of amides is 2. The molecule has 0 bridgehead atoms. The predicted octanol–water partition coefficient (Wildman–Crippen LogP) is 2.49. The van der Waals surface area contributed by atoms with E-state index in [1.165, 1.54) is 35.6 Å². The molecule has 1 aromatic heterocycles. The summed E-state index contributed by atoms with van der Waals surface area (Å²) >= 11 is 1.53. The van der Waals surface area contributed by atoms with Gasteiger partial charge in [-0.2, -0.15) is 11.3 Å². The third-order valence-corrected chi connectivity index (χ3v) is 5.32. The third-order valence-electron chi connectivity index (χ3n) is 4.58. The second-order valence-electron chi connectivity index (χ2n) is 7.01. The first-order chi connectivity index (χ1) is 15.9. The number of hydroxylamine groups is 1. The Morgan fingerprint density at radius 3 is 2.52 bits per heavy atom. The number of nitro groups is 1. The first kappa shape index (κ1) is 26.4. The summed E-state index contributed by atoms with van der Waals surface area (Å²) in [4.78, 5) is 35.1. The lowest BCUT2D eigenvalue weighted by molar-refractivity contribution is -0.384. The number of hydrogen-bond acceptors (Lipinski definition) is 9. The Hall–Kier alpha value is -2.90. The Balaban J connectivity index is 2.03. The van der Waals surface area contributed by atoms with Crippen LogP contribution in [-0.4, -0.2) is 54.6 Å². The fourth-order valence-electron chi connectivity index (χ4n) is 2.88. The first-order valence-electron chi connectivity index (χ1n) is 10.2. The standard InChI is InChI=1S/C21H27N3O8S/c1-2-30-14-32-12-18(22-20(25)16-3-5-19(6-4-16)24(28)29)9-17(21(26)23-27)11-31-10-15-7-8-33-13-15/h3-8,13,17-18,27H,2,9-12,14H2,1H3,(H,22,25)(H,23,26). The van der Waals surface area contributed by atoms with Crippen molar-refractivity contribution >= 4 is 28.8 Å². The second-order valence-corrected chi connectivity index (χ2v) is 7.79. The lowest BCUT2D eigenvalue weighted by Gasteiger charge is -2.23. The van der Waals surface area contributed by atoms with Gasteiger partial charge in [0.1, 0.15) is 6.79 Å². The van der Waals surface area contributed by atoms with Gasteiger partial charge in [-0.15, -0.1) is 0 Å². The van der Waals surface area contributed by atoms with E-state index >= 15 is 0 Å². The number of non-ortho nitro benzene ring substituents is 1. The lowest BCUT2D eigenvalue weighted by Crippen LogP contribution is -2.43. The van der Waals surface area contributed by atoms with E-state index in [9.17, 15) is 19.7 Å². The number of carbonyl (C=O) groups is 2. The number of rotatable bonds is 15. The van der Waals surface area contributed by atoms with E-state index < -0.39 is 28.7 Å². The van der Waals surface area contributed by atoms with Gasteiger partial charge in [0.05, 0.1) is 36.7 Å². The average molecular weight is 482 g/mol. The van der Waals surface area contributed by atoms with Crippen LogP contribution in [-0.2, 0) is 25.6 Å². The van der Waals surface area contributed by atoms with Gasteiger partial charge in [0.25, 0.3) is 11.6 Å². The van der Waals surface area contributed by atoms with E-state index in [4.69, 9.17) is 19.4 Å². The van der Waals surface area contributed by atoms with Gasteiger partial charge in [0.2, 0.25) is 5.91 Å². The molecule has 0 radical (unpaired) electrons. The van der Waals surface area contributed by atoms with E-state index in [2.05, 4.69) is 5.32 Å². The topological polar surface area (TPSA) is 149 Å². The van der Waals surface area contributed by atoms with Crippen molar-refractivity contribution in [1.29, 1.82) is 0 Å². The van der Waals surface area contributed by atoms with E-state index in [-0.39, 0.29) is 37.7 Å². The normalized spacial score (nSPS) is 12.7. The van der Waals surface area contributed by atoms with E-state index in [0.717, 1.165) is 5.56 Å². The smallest absolute Gasteiger partial charge is 0.269 e. The fraction of sp³-hybridized carbons (Fsp3) is 0.429. The van der Waals surface area contributed by atoms with Crippen LogP contribution in [0.2, 0.25) is 0 Å². The molecule has 11 nitrogen and oxygen atoms in total. The van der Waals surface area contributed by atoms with Crippen molar-refractivity contribution in [2.45, 2.75) is 26.0 Å². The number of thiophene rings is 1. The Morgan fingerprint density at radius 1 is 1.15 bits per heavy atom. The van der Waals surface area contributed by atoms with Crippen molar-refractivity contribution in [3.8, 4) is 0 Å². The van der Waals surface area contributed by atoms with Crippen molar-refractivity contribution < 1.29 is 33.9 Å². The average Bonchev–Trinajstić information content (AvgIpc) is 3.34. The summed E-state index contributed by atoms with van der Waals surface area (Å²) in [6.45, 7) is 2.62.